The fourth-order valence-corrected chi connectivity index (χ4v) is 1.86. The summed E-state index contributed by atoms with van der Waals surface area (Å²) in [7, 11) is 6.16. The van der Waals surface area contributed by atoms with Crippen LogP contribution >= 0.6 is 0 Å². The molecule has 6 heteroatoms. The highest BCUT2D eigenvalue weighted by atomic mass is 16.3. The van der Waals surface area contributed by atoms with Gasteiger partial charge in [0.05, 0.1) is 24.5 Å². The van der Waals surface area contributed by atoms with Crippen molar-refractivity contribution in [3.63, 3.8) is 0 Å². The van der Waals surface area contributed by atoms with E-state index in [1.807, 2.05) is 7.05 Å². The van der Waals surface area contributed by atoms with Crippen molar-refractivity contribution in [3.05, 3.63) is 12.4 Å². The van der Waals surface area contributed by atoms with Crippen molar-refractivity contribution in [1.82, 2.24) is 19.6 Å². The number of aromatic nitrogens is 2. The van der Waals surface area contributed by atoms with Crippen LogP contribution in [0.25, 0.3) is 0 Å². The molecule has 0 amide bonds. The average Bonchev–Trinajstić information content (AvgIpc) is 2.62. The summed E-state index contributed by atoms with van der Waals surface area (Å²) in [5.41, 5.74) is 6.20. The van der Waals surface area contributed by atoms with Gasteiger partial charge in [0.2, 0.25) is 0 Å². The van der Waals surface area contributed by atoms with Gasteiger partial charge < -0.3 is 20.6 Å². The van der Waals surface area contributed by atoms with Crippen LogP contribution in [-0.4, -0.2) is 71.6 Å². The standard InChI is InChI=1S/C12H25N5O/c1-15(2)5-4-6-16(3)9-12(18)10-17-8-11(13)7-14-17/h7-8,12,18H,4-6,9-10,13H2,1-3H3. The Hall–Kier alpha value is -1.11. The number of hydrogen-bond acceptors (Lipinski definition) is 5. The van der Waals surface area contributed by atoms with Crippen molar-refractivity contribution in [3.8, 4) is 0 Å². The van der Waals surface area contributed by atoms with E-state index in [2.05, 4.69) is 29.0 Å². The quantitative estimate of drug-likeness (QED) is 0.668. The molecule has 0 saturated carbocycles. The van der Waals surface area contributed by atoms with E-state index in [0.717, 1.165) is 19.5 Å². The number of nitrogen functional groups attached to an aromatic ring is 1. The number of nitrogens with two attached hydrogens (primary N) is 1. The first-order chi connectivity index (χ1) is 8.47. The average molecular weight is 255 g/mol. The second-order valence-corrected chi connectivity index (χ2v) is 5.07. The van der Waals surface area contributed by atoms with E-state index in [-0.39, 0.29) is 0 Å². The molecule has 3 N–H and O–H groups in total. The molecular weight excluding hydrogens is 230 g/mol. The minimum atomic E-state index is -0.423. The Bertz CT molecular complexity index is 339. The summed E-state index contributed by atoms with van der Waals surface area (Å²) in [5.74, 6) is 0. The second kappa shape index (κ2) is 7.35. The maximum atomic E-state index is 9.94. The van der Waals surface area contributed by atoms with Crippen LogP contribution in [0, 0.1) is 0 Å². The van der Waals surface area contributed by atoms with Crippen LogP contribution in [0.15, 0.2) is 12.4 Å². The third-order valence-electron chi connectivity index (χ3n) is 2.72. The van der Waals surface area contributed by atoms with Gasteiger partial charge >= 0.3 is 0 Å². The van der Waals surface area contributed by atoms with E-state index < -0.39 is 6.10 Å². The first-order valence-electron chi connectivity index (χ1n) is 6.26. The molecule has 0 aliphatic rings. The van der Waals surface area contributed by atoms with E-state index in [0.29, 0.717) is 18.8 Å². The summed E-state index contributed by atoms with van der Waals surface area (Å²) in [5, 5.41) is 14.0. The van der Waals surface area contributed by atoms with Gasteiger partial charge in [0.1, 0.15) is 0 Å². The zero-order valence-electron chi connectivity index (χ0n) is 11.6. The van der Waals surface area contributed by atoms with E-state index >= 15 is 0 Å². The predicted octanol–water partition coefficient (Wildman–Crippen LogP) is -0.290. The molecule has 1 rings (SSSR count). The van der Waals surface area contributed by atoms with Crippen LogP contribution in [0.3, 0.4) is 0 Å². The Morgan fingerprint density at radius 1 is 1.39 bits per heavy atom. The molecule has 0 saturated heterocycles. The zero-order valence-corrected chi connectivity index (χ0v) is 11.6. The molecule has 1 aromatic rings. The van der Waals surface area contributed by atoms with Gasteiger partial charge in [-0.1, -0.05) is 0 Å². The Labute approximate surface area is 109 Å². The third-order valence-corrected chi connectivity index (χ3v) is 2.72. The smallest absolute Gasteiger partial charge is 0.0862 e. The van der Waals surface area contributed by atoms with E-state index in [1.54, 1.807) is 17.1 Å². The largest absolute Gasteiger partial charge is 0.396 e. The summed E-state index contributed by atoms with van der Waals surface area (Å²) in [6.45, 7) is 3.18. The topological polar surface area (TPSA) is 70.5 Å². The molecule has 1 heterocycles. The van der Waals surface area contributed by atoms with Crippen molar-refractivity contribution in [2.75, 3.05) is 46.5 Å². The van der Waals surface area contributed by atoms with Gasteiger partial charge in [-0.3, -0.25) is 4.68 Å². The number of rotatable bonds is 8. The summed E-state index contributed by atoms with van der Waals surface area (Å²) in [6, 6.07) is 0. The molecule has 0 fully saturated rings. The minimum absolute atomic E-state index is 0.423. The maximum Gasteiger partial charge on any atom is 0.0862 e. The number of hydrogen-bond donors (Lipinski definition) is 2. The lowest BCUT2D eigenvalue weighted by Crippen LogP contribution is -2.33. The first kappa shape index (κ1) is 14.9. The summed E-state index contributed by atoms with van der Waals surface area (Å²) < 4.78 is 1.67. The van der Waals surface area contributed by atoms with Crippen molar-refractivity contribution >= 4 is 5.69 Å². The van der Waals surface area contributed by atoms with Crippen molar-refractivity contribution in [2.45, 2.75) is 19.1 Å². The normalized spacial score (nSPS) is 13.4. The van der Waals surface area contributed by atoms with Gasteiger partial charge in [-0.15, -0.1) is 0 Å². The van der Waals surface area contributed by atoms with Gasteiger partial charge in [0.25, 0.3) is 0 Å². The summed E-state index contributed by atoms with van der Waals surface area (Å²) in [6.07, 6.45) is 4.00. The van der Waals surface area contributed by atoms with Gasteiger partial charge in [-0.25, -0.2) is 0 Å². The van der Waals surface area contributed by atoms with Gasteiger partial charge in [0, 0.05) is 12.7 Å². The molecule has 0 spiro atoms. The molecule has 0 radical (unpaired) electrons. The Balaban J connectivity index is 2.20. The van der Waals surface area contributed by atoms with E-state index in [1.165, 1.54) is 0 Å². The summed E-state index contributed by atoms with van der Waals surface area (Å²) >= 11 is 0. The molecule has 0 aliphatic heterocycles. The number of aliphatic hydroxyl groups is 1. The fourth-order valence-electron chi connectivity index (χ4n) is 1.86. The molecule has 1 aromatic heterocycles. The predicted molar refractivity (Wildman–Crippen MR) is 73.3 cm³/mol. The van der Waals surface area contributed by atoms with Gasteiger partial charge in [-0.05, 0) is 40.7 Å². The number of anilines is 1. The van der Waals surface area contributed by atoms with Crippen molar-refractivity contribution in [1.29, 1.82) is 0 Å². The number of likely N-dealkylation sites (N-methyl/N-ethyl adjacent to an activating group) is 1. The molecule has 0 aromatic carbocycles. The third kappa shape index (κ3) is 6.00. The monoisotopic (exact) mass is 255 g/mol. The van der Waals surface area contributed by atoms with Gasteiger partial charge in [-0.2, -0.15) is 5.10 Å². The van der Waals surface area contributed by atoms with Gasteiger partial charge in [0.15, 0.2) is 0 Å². The van der Waals surface area contributed by atoms with Crippen LogP contribution < -0.4 is 5.73 Å². The minimum Gasteiger partial charge on any atom is -0.396 e. The van der Waals surface area contributed by atoms with E-state index in [4.69, 9.17) is 5.73 Å². The van der Waals surface area contributed by atoms with E-state index in [9.17, 15) is 5.11 Å². The zero-order chi connectivity index (χ0) is 13.5. The SMILES string of the molecule is CN(C)CCCN(C)CC(O)Cn1cc(N)cn1. The lowest BCUT2D eigenvalue weighted by Gasteiger charge is -2.21. The highest BCUT2D eigenvalue weighted by molar-refractivity contribution is 5.30. The molecule has 0 aliphatic carbocycles. The molecule has 1 atom stereocenters. The van der Waals surface area contributed by atoms with Crippen LogP contribution in [-0.2, 0) is 6.54 Å². The Morgan fingerprint density at radius 2 is 2.11 bits per heavy atom. The van der Waals surface area contributed by atoms with Crippen LogP contribution in [0.1, 0.15) is 6.42 Å². The molecule has 104 valence electrons. The molecule has 0 bridgehead atoms. The summed E-state index contributed by atoms with van der Waals surface area (Å²) in [4.78, 5) is 4.30. The van der Waals surface area contributed by atoms with Crippen LogP contribution in [0.4, 0.5) is 5.69 Å². The first-order valence-corrected chi connectivity index (χ1v) is 6.26. The highest BCUT2D eigenvalue weighted by Crippen LogP contribution is 2.00. The maximum absolute atomic E-state index is 9.94. The van der Waals surface area contributed by atoms with Crippen LogP contribution in [0.5, 0.6) is 0 Å². The highest BCUT2D eigenvalue weighted by Gasteiger charge is 2.09. The van der Waals surface area contributed by atoms with Crippen molar-refractivity contribution in [2.24, 2.45) is 0 Å². The molecule has 1 unspecified atom stereocenters. The molecule has 6 nitrogen and oxygen atoms in total. The second-order valence-electron chi connectivity index (χ2n) is 5.07. The van der Waals surface area contributed by atoms with Crippen molar-refractivity contribution < 1.29 is 5.11 Å². The van der Waals surface area contributed by atoms with Crippen LogP contribution in [0.2, 0.25) is 0 Å². The number of aliphatic hydroxyl groups excluding tert-OH is 1. The Kier molecular flexibility index (Phi) is 6.11. The fraction of sp³-hybridized carbons (Fsp3) is 0.750. The lowest BCUT2D eigenvalue weighted by atomic mass is 10.3. The molecule has 18 heavy (non-hydrogen) atoms. The molecular formula is C12H25N5O. The Morgan fingerprint density at radius 3 is 2.67 bits per heavy atom. The number of nitrogens with zero attached hydrogens (tertiary/aromatic N) is 4. The lowest BCUT2D eigenvalue weighted by molar-refractivity contribution is 0.105.